The van der Waals surface area contributed by atoms with Gasteiger partial charge in [0.2, 0.25) is 17.7 Å². The molecule has 1 fully saturated rings. The number of carbonyl (C=O) groups excluding carboxylic acids is 4. The maximum atomic E-state index is 13.2. The molecule has 308 valence electrons. The van der Waals surface area contributed by atoms with Crippen LogP contribution in [0.25, 0.3) is 6.08 Å². The van der Waals surface area contributed by atoms with Crippen molar-refractivity contribution < 1.29 is 43.2 Å². The van der Waals surface area contributed by atoms with Crippen molar-refractivity contribution >= 4 is 41.1 Å². The van der Waals surface area contributed by atoms with Crippen LogP contribution in [-0.4, -0.2) is 70.2 Å². The van der Waals surface area contributed by atoms with E-state index in [0.717, 1.165) is 0 Å². The lowest BCUT2D eigenvalue weighted by Gasteiger charge is -2.32. The van der Waals surface area contributed by atoms with Gasteiger partial charge in [-0.15, -0.1) is 0 Å². The number of likely N-dealkylation sites (N-methyl/N-ethyl adjacent to an activating group) is 1. The van der Waals surface area contributed by atoms with E-state index in [-0.39, 0.29) is 36.9 Å². The number of amides is 3. The molecule has 0 spiro atoms. The summed E-state index contributed by atoms with van der Waals surface area (Å²) in [5.41, 5.74) is 2.54. The van der Waals surface area contributed by atoms with Crippen LogP contribution < -0.4 is 10.6 Å². The largest absolute Gasteiger partial charge is 0.456 e. The van der Waals surface area contributed by atoms with Gasteiger partial charge in [-0.25, -0.2) is 0 Å². The van der Waals surface area contributed by atoms with Gasteiger partial charge in [-0.2, -0.15) is 0 Å². The number of nitrogens with zero attached hydrogens (tertiary/aromatic N) is 3. The van der Waals surface area contributed by atoms with Crippen molar-refractivity contribution in [2.45, 2.75) is 78.7 Å². The lowest BCUT2D eigenvalue weighted by Crippen LogP contribution is -2.55. The van der Waals surface area contributed by atoms with Crippen molar-refractivity contribution in [1.29, 1.82) is 0 Å². The molecule has 0 unspecified atom stereocenters. The minimum atomic E-state index is -1.10. The number of rotatable bonds is 12. The van der Waals surface area contributed by atoms with Crippen molar-refractivity contribution in [2.75, 3.05) is 13.6 Å². The molecular weight excluding hydrogens is 750 g/mol. The Morgan fingerprint density at radius 2 is 1.45 bits per heavy atom. The van der Waals surface area contributed by atoms with Gasteiger partial charge in [-0.3, -0.25) is 39.4 Å². The molecule has 3 aromatic carbocycles. The van der Waals surface area contributed by atoms with E-state index in [9.17, 15) is 39.4 Å². The zero-order chi connectivity index (χ0) is 42.7. The first kappa shape index (κ1) is 44.5. The van der Waals surface area contributed by atoms with Gasteiger partial charge >= 0.3 is 5.97 Å². The van der Waals surface area contributed by atoms with E-state index in [1.54, 1.807) is 94.4 Å². The monoisotopic (exact) mass is 799 g/mol. The molecule has 0 radical (unpaired) electrons. The van der Waals surface area contributed by atoms with Gasteiger partial charge < -0.3 is 29.7 Å². The van der Waals surface area contributed by atoms with Crippen LogP contribution in [0.3, 0.4) is 0 Å². The molecule has 3 amide bonds. The Morgan fingerprint density at radius 1 is 0.914 bits per heavy atom. The van der Waals surface area contributed by atoms with Crippen LogP contribution in [0.5, 0.6) is 0 Å². The second kappa shape index (κ2) is 20.2. The van der Waals surface area contributed by atoms with Crippen LogP contribution in [0.2, 0.25) is 0 Å². The maximum absolute atomic E-state index is 13.2. The Labute approximate surface area is 336 Å². The Kier molecular flexibility index (Phi) is 15.5. The SMILES string of the molecule is C=C1CC(=O)N[C@@H](C)C(=O)N(C)[C@@H](C(C)C)C(=O)NCC(=O)O[C@@H](/C(C)=C/c2ccc(C(OCc3ccccc3[N+](=O)[O-])OCc3ccccc3[N+](=O)[O-])cc2)[C@@H]1C. The highest BCUT2D eigenvalue weighted by Crippen LogP contribution is 2.30. The fourth-order valence-corrected chi connectivity index (χ4v) is 6.63. The Hall–Kier alpha value is -6.26. The van der Waals surface area contributed by atoms with Gasteiger partial charge in [0.15, 0.2) is 6.29 Å². The molecule has 2 N–H and O–H groups in total. The third-order valence-corrected chi connectivity index (χ3v) is 9.77. The summed E-state index contributed by atoms with van der Waals surface area (Å²) in [5, 5.41) is 28.6. The summed E-state index contributed by atoms with van der Waals surface area (Å²) >= 11 is 0. The number of benzene rings is 3. The topological polar surface area (TPSA) is 210 Å². The summed E-state index contributed by atoms with van der Waals surface area (Å²) in [6, 6.07) is 17.3. The molecule has 4 atom stereocenters. The quantitative estimate of drug-likeness (QED) is 0.0719. The first-order chi connectivity index (χ1) is 27.5. The van der Waals surface area contributed by atoms with Crippen LogP contribution in [0.4, 0.5) is 11.4 Å². The van der Waals surface area contributed by atoms with E-state index < -0.39 is 70.5 Å². The minimum absolute atomic E-state index is 0.137. The molecule has 16 heteroatoms. The summed E-state index contributed by atoms with van der Waals surface area (Å²) in [5.74, 6) is -3.09. The highest BCUT2D eigenvalue weighted by molar-refractivity contribution is 5.93. The molecule has 0 aliphatic carbocycles. The van der Waals surface area contributed by atoms with Crippen LogP contribution >= 0.6 is 0 Å². The average molecular weight is 800 g/mol. The molecule has 1 saturated heterocycles. The highest BCUT2D eigenvalue weighted by Gasteiger charge is 2.34. The first-order valence-corrected chi connectivity index (χ1v) is 18.6. The number of hydrogen-bond donors (Lipinski definition) is 2. The number of nitro groups is 2. The molecule has 58 heavy (non-hydrogen) atoms. The third kappa shape index (κ3) is 11.6. The average Bonchev–Trinajstić information content (AvgIpc) is 3.18. The van der Waals surface area contributed by atoms with Gasteiger partial charge in [-0.1, -0.05) is 87.5 Å². The van der Waals surface area contributed by atoms with E-state index in [0.29, 0.717) is 33.4 Å². The molecule has 1 aliphatic heterocycles. The predicted molar refractivity (Wildman–Crippen MR) is 213 cm³/mol. The third-order valence-electron chi connectivity index (χ3n) is 9.77. The van der Waals surface area contributed by atoms with Gasteiger partial charge in [0.25, 0.3) is 11.4 Å². The van der Waals surface area contributed by atoms with Crippen molar-refractivity contribution in [3.63, 3.8) is 0 Å². The van der Waals surface area contributed by atoms with Crippen LogP contribution in [0.15, 0.2) is 90.5 Å². The van der Waals surface area contributed by atoms with Crippen LogP contribution in [-0.2, 0) is 46.6 Å². The summed E-state index contributed by atoms with van der Waals surface area (Å²) in [6.45, 7) is 11.8. The molecular formula is C42H49N5O11. The van der Waals surface area contributed by atoms with Crippen LogP contribution in [0, 0.1) is 32.1 Å². The number of nitro benzene ring substituents is 2. The Bertz CT molecular complexity index is 1990. The number of esters is 1. The van der Waals surface area contributed by atoms with E-state index >= 15 is 0 Å². The smallest absolute Gasteiger partial charge is 0.326 e. The molecule has 0 bridgehead atoms. The number of para-hydroxylation sites is 2. The summed E-state index contributed by atoms with van der Waals surface area (Å²) in [7, 11) is 1.47. The van der Waals surface area contributed by atoms with Crippen LogP contribution in [0.1, 0.15) is 69.6 Å². The first-order valence-electron chi connectivity index (χ1n) is 18.6. The lowest BCUT2D eigenvalue weighted by atomic mass is 9.88. The van der Waals surface area contributed by atoms with Crippen molar-refractivity contribution in [3.05, 3.63) is 133 Å². The number of hydrogen-bond acceptors (Lipinski definition) is 11. The fraction of sp³-hybridized carbons (Fsp3) is 0.381. The summed E-state index contributed by atoms with van der Waals surface area (Å²) in [6.07, 6.45) is -0.371. The number of nitrogens with one attached hydrogen (secondary N) is 2. The van der Waals surface area contributed by atoms with Crippen molar-refractivity contribution in [2.24, 2.45) is 11.8 Å². The zero-order valence-electron chi connectivity index (χ0n) is 33.3. The molecule has 0 aromatic heterocycles. The number of carbonyl (C=O) groups is 4. The lowest BCUT2D eigenvalue weighted by molar-refractivity contribution is -0.386. The zero-order valence-corrected chi connectivity index (χ0v) is 33.3. The predicted octanol–water partition coefficient (Wildman–Crippen LogP) is 5.95. The van der Waals surface area contributed by atoms with E-state index in [2.05, 4.69) is 17.2 Å². The van der Waals surface area contributed by atoms with Gasteiger partial charge in [0.1, 0.15) is 24.7 Å². The molecule has 1 heterocycles. The van der Waals surface area contributed by atoms with E-state index in [1.165, 1.54) is 31.0 Å². The van der Waals surface area contributed by atoms with E-state index in [1.807, 2.05) is 0 Å². The van der Waals surface area contributed by atoms with Crippen molar-refractivity contribution in [1.82, 2.24) is 15.5 Å². The van der Waals surface area contributed by atoms with Crippen molar-refractivity contribution in [3.8, 4) is 0 Å². The number of cyclic esters (lactones) is 1. The normalized spacial score (nSPS) is 20.2. The number of ether oxygens (including phenoxy) is 3. The molecule has 0 saturated carbocycles. The Balaban J connectivity index is 1.61. The maximum Gasteiger partial charge on any atom is 0.326 e. The Morgan fingerprint density at radius 3 is 1.97 bits per heavy atom. The van der Waals surface area contributed by atoms with Gasteiger partial charge in [0.05, 0.1) is 34.2 Å². The molecule has 1 aliphatic rings. The summed E-state index contributed by atoms with van der Waals surface area (Å²) < 4.78 is 18.1. The second-order valence-electron chi connectivity index (χ2n) is 14.5. The second-order valence-corrected chi connectivity index (χ2v) is 14.5. The van der Waals surface area contributed by atoms with Gasteiger partial charge in [-0.05, 0) is 43.0 Å². The molecule has 3 aromatic rings. The standard InChI is InChI=1S/C42H49N5O11/c1-25(2)38-40(50)43-22-37(49)58-39(28(5)26(3)21-36(48)44-29(6)41(51)45(38)7)27(4)20-30-16-18-31(19-17-30)42(56-23-32-12-8-10-14-34(32)46(52)53)57-24-33-13-9-11-15-35(33)47(54)55/h8-20,25,28-29,38-39,42H,3,21-24H2,1-2,4-7H3,(H,43,50)(H,44,48)/b27-20+/t28-,29+,38+,39+/m1/s1. The minimum Gasteiger partial charge on any atom is -0.456 e. The van der Waals surface area contributed by atoms with E-state index in [4.69, 9.17) is 14.2 Å². The molecule has 16 nitrogen and oxygen atoms in total. The van der Waals surface area contributed by atoms with Gasteiger partial charge in [0, 0.05) is 37.1 Å². The highest BCUT2D eigenvalue weighted by atomic mass is 16.7. The molecule has 4 rings (SSSR count). The summed E-state index contributed by atoms with van der Waals surface area (Å²) in [4.78, 5) is 76.2. The fourth-order valence-electron chi connectivity index (χ4n) is 6.63.